The van der Waals surface area contributed by atoms with E-state index < -0.39 is 24.7 Å². The van der Waals surface area contributed by atoms with Crippen LogP contribution in [0, 0.1) is 5.41 Å². The fraction of sp³-hybridized carbons (Fsp3) is 0.833. The van der Waals surface area contributed by atoms with Crippen LogP contribution in [0.3, 0.4) is 0 Å². The van der Waals surface area contributed by atoms with Crippen molar-refractivity contribution in [2.75, 3.05) is 13.2 Å². The third kappa shape index (κ3) is 6.04. The van der Waals surface area contributed by atoms with Gasteiger partial charge in [0.1, 0.15) is 0 Å². The van der Waals surface area contributed by atoms with Crippen LogP contribution in [0.1, 0.15) is 34.1 Å². The summed E-state index contributed by atoms with van der Waals surface area (Å²) >= 11 is 5.65. The Morgan fingerprint density at radius 3 is 2.71 bits per heavy atom. The molecule has 0 bridgehead atoms. The van der Waals surface area contributed by atoms with Gasteiger partial charge in [-0.05, 0) is 25.1 Å². The molecule has 0 aliphatic carbocycles. The fourth-order valence-electron chi connectivity index (χ4n) is 1.73. The van der Waals surface area contributed by atoms with Crippen molar-refractivity contribution in [3.05, 3.63) is 0 Å². The van der Waals surface area contributed by atoms with Crippen molar-refractivity contribution < 1.29 is 28.3 Å². The number of carbonyl (C=O) groups is 2. The van der Waals surface area contributed by atoms with Crippen LogP contribution in [0.25, 0.3) is 0 Å². The van der Waals surface area contributed by atoms with Gasteiger partial charge in [0.2, 0.25) is 5.91 Å². The van der Waals surface area contributed by atoms with E-state index >= 15 is 0 Å². The maximum atomic E-state index is 12.1. The van der Waals surface area contributed by atoms with E-state index in [1.54, 1.807) is 27.7 Å². The van der Waals surface area contributed by atoms with Gasteiger partial charge in [0.25, 0.3) is 0 Å². The Balaban J connectivity index is 2.48. The molecule has 1 amide bonds. The summed E-state index contributed by atoms with van der Waals surface area (Å²) < 4.78 is 15.1. The van der Waals surface area contributed by atoms with Gasteiger partial charge in [-0.25, -0.2) is 0 Å². The first-order chi connectivity index (χ1) is 9.53. The highest BCUT2D eigenvalue weighted by Crippen LogP contribution is 2.67. The maximum Gasteiger partial charge on any atom is 0.328 e. The molecule has 1 aliphatic heterocycles. The molecule has 0 spiro atoms. The summed E-state index contributed by atoms with van der Waals surface area (Å²) in [6, 6.07) is 0. The second-order valence-corrected chi connectivity index (χ2v) is 8.43. The molecule has 1 unspecified atom stereocenters. The van der Waals surface area contributed by atoms with E-state index in [0.29, 0.717) is 0 Å². The molecule has 1 heterocycles. The molecular weight excluding hydrogens is 321 g/mol. The van der Waals surface area contributed by atoms with Crippen LogP contribution >= 0.6 is 18.5 Å². The number of carbonyl (C=O) groups excluding carboxylic acids is 2. The Kier molecular flexibility index (Phi) is 6.37. The highest BCUT2D eigenvalue weighted by molar-refractivity contribution is 7.86. The Hall–Kier alpha value is -0.460. The van der Waals surface area contributed by atoms with Crippen molar-refractivity contribution >= 4 is 30.4 Å². The van der Waals surface area contributed by atoms with Crippen molar-refractivity contribution in [3.63, 3.8) is 0 Å². The molecule has 1 rings (SSSR count). The van der Waals surface area contributed by atoms with Gasteiger partial charge in [-0.3, -0.25) is 14.1 Å². The molecule has 2 N–H and O–H groups in total. The normalized spacial score (nSPS) is 28.2. The summed E-state index contributed by atoms with van der Waals surface area (Å²) in [5.41, 5.74) is -0.635. The first-order valence-corrected chi connectivity index (χ1v) is 9.13. The zero-order valence-electron chi connectivity index (χ0n) is 12.6. The molecule has 9 heteroatoms. The minimum absolute atomic E-state index is 0.0633. The Bertz CT molecular complexity index is 401. The SMILES string of the molecule is CC(C)OC(=O)CCNC(=O)[C@@H]1O[P](O)(Cl)OCC1(C)C. The lowest BCUT2D eigenvalue weighted by atomic mass is 9.87. The standard InChI is InChI=1S/C12H22ClNO6P/c1-8(2)19-9(15)5-6-14-11(16)10-12(3,4)7-18-21(13,17)20-10/h8,10,17H,5-7H2,1-4H3,(H,14,16)/t10-/m0/s1. The van der Waals surface area contributed by atoms with Crippen LogP contribution in [0.5, 0.6) is 0 Å². The first-order valence-electron chi connectivity index (χ1n) is 6.65. The average Bonchev–Trinajstić information content (AvgIpc) is 2.31. The largest absolute Gasteiger partial charge is 0.463 e. The highest BCUT2D eigenvalue weighted by atomic mass is 35.7. The minimum atomic E-state index is -3.48. The van der Waals surface area contributed by atoms with E-state index in [0.717, 1.165) is 0 Å². The predicted octanol–water partition coefficient (Wildman–Crippen LogP) is 1.79. The molecule has 1 aliphatic rings. The summed E-state index contributed by atoms with van der Waals surface area (Å²) in [7, 11) is -3.48. The topological polar surface area (TPSA) is 94.1 Å². The van der Waals surface area contributed by atoms with Gasteiger partial charge in [-0.1, -0.05) is 13.8 Å². The summed E-state index contributed by atoms with van der Waals surface area (Å²) in [6.07, 6.45) is -1.07. The van der Waals surface area contributed by atoms with Gasteiger partial charge in [-0.15, -0.1) is 0 Å². The lowest BCUT2D eigenvalue weighted by Gasteiger charge is -2.42. The van der Waals surface area contributed by atoms with Gasteiger partial charge in [0, 0.05) is 12.0 Å². The second kappa shape index (κ2) is 7.20. The van der Waals surface area contributed by atoms with Gasteiger partial charge in [0.15, 0.2) is 6.10 Å². The molecule has 1 fully saturated rings. The monoisotopic (exact) mass is 342 g/mol. The van der Waals surface area contributed by atoms with Crippen LogP contribution in [-0.4, -0.2) is 42.1 Å². The number of nitrogens with one attached hydrogen (secondary N) is 1. The number of halogens is 1. The van der Waals surface area contributed by atoms with Crippen molar-refractivity contribution in [1.29, 1.82) is 0 Å². The molecule has 7 nitrogen and oxygen atoms in total. The molecule has 0 aromatic rings. The quantitative estimate of drug-likeness (QED) is 0.584. The third-order valence-corrected chi connectivity index (χ3v) is 4.22. The van der Waals surface area contributed by atoms with Gasteiger partial charge >= 0.3 is 13.3 Å². The molecule has 1 saturated heterocycles. The molecular formula is C12H22ClNO6P. The fourth-order valence-corrected chi connectivity index (χ4v) is 3.31. The summed E-state index contributed by atoms with van der Waals surface area (Å²) in [4.78, 5) is 33.1. The summed E-state index contributed by atoms with van der Waals surface area (Å²) in [6.45, 7) is 7.26. The summed E-state index contributed by atoms with van der Waals surface area (Å²) in [5, 5.41) is 2.58. The highest BCUT2D eigenvalue weighted by Gasteiger charge is 2.48. The van der Waals surface area contributed by atoms with E-state index in [9.17, 15) is 14.5 Å². The van der Waals surface area contributed by atoms with Crippen LogP contribution in [0.15, 0.2) is 0 Å². The van der Waals surface area contributed by atoms with Crippen LogP contribution < -0.4 is 5.32 Å². The number of hydrogen-bond donors (Lipinski definition) is 2. The van der Waals surface area contributed by atoms with Crippen molar-refractivity contribution in [3.8, 4) is 0 Å². The second-order valence-electron chi connectivity index (χ2n) is 5.78. The molecule has 21 heavy (non-hydrogen) atoms. The van der Waals surface area contributed by atoms with E-state index in [1.807, 2.05) is 0 Å². The zero-order valence-corrected chi connectivity index (χ0v) is 14.2. The van der Waals surface area contributed by atoms with Crippen molar-refractivity contribution in [1.82, 2.24) is 5.32 Å². The lowest BCUT2D eigenvalue weighted by molar-refractivity contribution is -0.147. The molecule has 1 radical (unpaired) electrons. The number of rotatable bonds is 5. The zero-order chi connectivity index (χ0) is 16.3. The van der Waals surface area contributed by atoms with E-state index in [4.69, 9.17) is 25.0 Å². The summed E-state index contributed by atoms with van der Waals surface area (Å²) in [5.74, 6) is -0.835. The van der Waals surface area contributed by atoms with E-state index in [2.05, 4.69) is 5.32 Å². The molecule has 2 atom stereocenters. The van der Waals surface area contributed by atoms with Crippen molar-refractivity contribution in [2.24, 2.45) is 5.41 Å². The van der Waals surface area contributed by atoms with Crippen LogP contribution in [-0.2, 0) is 23.4 Å². The van der Waals surface area contributed by atoms with E-state index in [-0.39, 0.29) is 31.6 Å². The number of ether oxygens (including phenoxy) is 1. The molecule has 123 valence electrons. The number of amides is 1. The predicted molar refractivity (Wildman–Crippen MR) is 78.5 cm³/mol. The number of hydrogen-bond acceptors (Lipinski definition) is 6. The molecule has 0 saturated carbocycles. The smallest absolute Gasteiger partial charge is 0.328 e. The maximum absolute atomic E-state index is 12.1. The lowest BCUT2D eigenvalue weighted by Crippen LogP contribution is -2.50. The number of esters is 1. The van der Waals surface area contributed by atoms with Gasteiger partial charge in [-0.2, -0.15) is 0 Å². The molecule has 0 aromatic heterocycles. The van der Waals surface area contributed by atoms with Crippen LogP contribution in [0.2, 0.25) is 0 Å². The molecule has 0 aromatic carbocycles. The Morgan fingerprint density at radius 2 is 2.14 bits per heavy atom. The average molecular weight is 343 g/mol. The van der Waals surface area contributed by atoms with Gasteiger partial charge in [0.05, 0.1) is 19.1 Å². The van der Waals surface area contributed by atoms with Crippen molar-refractivity contribution in [2.45, 2.75) is 46.3 Å². The van der Waals surface area contributed by atoms with E-state index in [1.165, 1.54) is 0 Å². The first kappa shape index (κ1) is 18.6. The Morgan fingerprint density at radius 1 is 1.52 bits per heavy atom. The van der Waals surface area contributed by atoms with Crippen LogP contribution in [0.4, 0.5) is 0 Å². The van der Waals surface area contributed by atoms with Gasteiger partial charge < -0.3 is 19.5 Å². The minimum Gasteiger partial charge on any atom is -0.463 e. The third-order valence-electron chi connectivity index (χ3n) is 2.77. The Labute approximate surface area is 129 Å².